The Morgan fingerprint density at radius 3 is 2.05 bits per heavy atom. The van der Waals surface area contributed by atoms with Gasteiger partial charge in [-0.05, 0) is 31.7 Å². The van der Waals surface area contributed by atoms with Gasteiger partial charge in [0.1, 0.15) is 6.54 Å². The Kier molecular flexibility index (Phi) is 8.56. The SMILES string of the molecule is CCC[N+](CC)(CCC)CCOCCc1ccccc1. The van der Waals surface area contributed by atoms with Crippen LogP contribution in [0.4, 0.5) is 0 Å². The molecule has 1 aromatic rings. The molecule has 1 rings (SSSR count). The molecule has 0 fully saturated rings. The van der Waals surface area contributed by atoms with E-state index in [2.05, 4.69) is 51.1 Å². The summed E-state index contributed by atoms with van der Waals surface area (Å²) in [6.07, 6.45) is 3.55. The standard InChI is InChI=1S/C18H32NO/c1-4-13-19(6-3,14-5-2)15-17-20-16-12-18-10-8-7-9-11-18/h7-11H,4-6,12-17H2,1-3H3/q+1. The van der Waals surface area contributed by atoms with Crippen molar-refractivity contribution in [2.75, 3.05) is 39.4 Å². The predicted molar refractivity (Wildman–Crippen MR) is 86.9 cm³/mol. The van der Waals surface area contributed by atoms with Gasteiger partial charge in [-0.1, -0.05) is 44.2 Å². The number of ether oxygens (including phenoxy) is 1. The van der Waals surface area contributed by atoms with Crippen LogP contribution in [-0.2, 0) is 11.2 Å². The fraction of sp³-hybridized carbons (Fsp3) is 0.667. The topological polar surface area (TPSA) is 9.23 Å². The molecule has 20 heavy (non-hydrogen) atoms. The van der Waals surface area contributed by atoms with Crippen molar-refractivity contribution in [3.63, 3.8) is 0 Å². The maximum absolute atomic E-state index is 5.87. The third-order valence-corrected chi connectivity index (χ3v) is 4.15. The molecule has 0 bridgehead atoms. The first-order valence-corrected chi connectivity index (χ1v) is 8.23. The lowest BCUT2D eigenvalue weighted by Gasteiger charge is -2.37. The zero-order valence-electron chi connectivity index (χ0n) is 13.6. The molecule has 0 N–H and O–H groups in total. The van der Waals surface area contributed by atoms with Crippen molar-refractivity contribution in [1.29, 1.82) is 0 Å². The molecule has 0 saturated heterocycles. The van der Waals surface area contributed by atoms with Crippen LogP contribution >= 0.6 is 0 Å². The third-order valence-electron chi connectivity index (χ3n) is 4.15. The summed E-state index contributed by atoms with van der Waals surface area (Å²) in [7, 11) is 0. The highest BCUT2D eigenvalue weighted by Gasteiger charge is 2.22. The Bertz CT molecular complexity index is 331. The van der Waals surface area contributed by atoms with Crippen molar-refractivity contribution in [3.8, 4) is 0 Å². The van der Waals surface area contributed by atoms with E-state index >= 15 is 0 Å². The number of benzene rings is 1. The maximum Gasteiger partial charge on any atom is 0.102 e. The van der Waals surface area contributed by atoms with E-state index in [1.165, 1.54) is 42.5 Å². The minimum absolute atomic E-state index is 0.839. The minimum Gasteiger partial charge on any atom is -0.375 e. The number of nitrogens with zero attached hydrogens (tertiary/aromatic N) is 1. The summed E-state index contributed by atoms with van der Waals surface area (Å²) < 4.78 is 7.09. The number of quaternary nitrogens is 1. The highest BCUT2D eigenvalue weighted by molar-refractivity contribution is 5.14. The molecule has 0 aliphatic carbocycles. The molecule has 0 aliphatic rings. The zero-order chi connectivity index (χ0) is 14.7. The molecular weight excluding hydrogens is 246 g/mol. The number of hydrogen-bond donors (Lipinski definition) is 0. The van der Waals surface area contributed by atoms with Crippen LogP contribution in [0.2, 0.25) is 0 Å². The van der Waals surface area contributed by atoms with Crippen molar-refractivity contribution >= 4 is 0 Å². The minimum atomic E-state index is 0.839. The summed E-state index contributed by atoms with van der Waals surface area (Å²) in [5.74, 6) is 0. The summed E-state index contributed by atoms with van der Waals surface area (Å²) in [5.41, 5.74) is 1.37. The monoisotopic (exact) mass is 278 g/mol. The van der Waals surface area contributed by atoms with E-state index in [0.29, 0.717) is 0 Å². The van der Waals surface area contributed by atoms with Gasteiger partial charge in [0.2, 0.25) is 0 Å². The Labute approximate surface area is 125 Å². The Morgan fingerprint density at radius 1 is 0.850 bits per heavy atom. The van der Waals surface area contributed by atoms with E-state index in [0.717, 1.165) is 26.2 Å². The molecule has 0 unspecified atom stereocenters. The smallest absolute Gasteiger partial charge is 0.102 e. The first-order valence-electron chi connectivity index (χ1n) is 8.23. The van der Waals surface area contributed by atoms with Gasteiger partial charge in [0.25, 0.3) is 0 Å². The van der Waals surface area contributed by atoms with Crippen LogP contribution in [0.25, 0.3) is 0 Å². The van der Waals surface area contributed by atoms with Crippen LogP contribution in [0.1, 0.15) is 39.2 Å². The number of hydrogen-bond acceptors (Lipinski definition) is 1. The van der Waals surface area contributed by atoms with Gasteiger partial charge in [0.15, 0.2) is 0 Å². The van der Waals surface area contributed by atoms with Crippen molar-refractivity contribution in [3.05, 3.63) is 35.9 Å². The van der Waals surface area contributed by atoms with Crippen molar-refractivity contribution in [2.45, 2.75) is 40.0 Å². The Hall–Kier alpha value is -0.860. The fourth-order valence-electron chi connectivity index (χ4n) is 2.95. The second kappa shape index (κ2) is 9.95. The van der Waals surface area contributed by atoms with E-state index in [9.17, 15) is 0 Å². The summed E-state index contributed by atoms with van der Waals surface area (Å²) in [5, 5.41) is 0. The van der Waals surface area contributed by atoms with Crippen molar-refractivity contribution in [2.24, 2.45) is 0 Å². The zero-order valence-corrected chi connectivity index (χ0v) is 13.6. The lowest BCUT2D eigenvalue weighted by Crippen LogP contribution is -2.51. The molecule has 1 aromatic carbocycles. The first kappa shape index (κ1) is 17.2. The molecule has 0 aromatic heterocycles. The van der Waals surface area contributed by atoms with Gasteiger partial charge in [-0.2, -0.15) is 0 Å². The van der Waals surface area contributed by atoms with Crippen LogP contribution in [0.15, 0.2) is 30.3 Å². The average molecular weight is 278 g/mol. The van der Waals surface area contributed by atoms with Crippen LogP contribution < -0.4 is 0 Å². The third kappa shape index (κ3) is 6.06. The van der Waals surface area contributed by atoms with Gasteiger partial charge < -0.3 is 9.22 Å². The molecule has 2 nitrogen and oxygen atoms in total. The summed E-state index contributed by atoms with van der Waals surface area (Å²) in [6.45, 7) is 13.6. The number of rotatable bonds is 11. The van der Waals surface area contributed by atoms with Gasteiger partial charge in [0.05, 0.1) is 32.8 Å². The van der Waals surface area contributed by atoms with Crippen molar-refractivity contribution < 1.29 is 9.22 Å². The second-order valence-corrected chi connectivity index (χ2v) is 5.68. The molecule has 0 spiro atoms. The van der Waals surface area contributed by atoms with Gasteiger partial charge in [-0.25, -0.2) is 0 Å². The largest absolute Gasteiger partial charge is 0.375 e. The van der Waals surface area contributed by atoms with Crippen LogP contribution in [0, 0.1) is 0 Å². The lowest BCUT2D eigenvalue weighted by atomic mass is 10.2. The second-order valence-electron chi connectivity index (χ2n) is 5.68. The lowest BCUT2D eigenvalue weighted by molar-refractivity contribution is -0.927. The molecule has 0 atom stereocenters. The van der Waals surface area contributed by atoms with Gasteiger partial charge in [-0.3, -0.25) is 0 Å². The predicted octanol–water partition coefficient (Wildman–Crippen LogP) is 3.90. The first-order chi connectivity index (χ1) is 9.76. The Balaban J connectivity index is 2.26. The fourth-order valence-corrected chi connectivity index (χ4v) is 2.95. The Morgan fingerprint density at radius 2 is 1.50 bits per heavy atom. The van der Waals surface area contributed by atoms with E-state index < -0.39 is 0 Å². The number of likely N-dealkylation sites (N-methyl/N-ethyl adjacent to an activating group) is 1. The maximum atomic E-state index is 5.87. The van der Waals surface area contributed by atoms with E-state index in [1.807, 2.05) is 0 Å². The van der Waals surface area contributed by atoms with Gasteiger partial charge in [0, 0.05) is 0 Å². The highest BCUT2D eigenvalue weighted by Crippen LogP contribution is 2.10. The normalized spacial score (nSPS) is 11.8. The van der Waals surface area contributed by atoms with E-state index in [4.69, 9.17) is 4.74 Å². The summed E-state index contributed by atoms with van der Waals surface area (Å²) >= 11 is 0. The summed E-state index contributed by atoms with van der Waals surface area (Å²) in [6, 6.07) is 10.6. The highest BCUT2D eigenvalue weighted by atomic mass is 16.5. The van der Waals surface area contributed by atoms with Crippen LogP contribution in [-0.4, -0.2) is 43.9 Å². The van der Waals surface area contributed by atoms with Gasteiger partial charge in [-0.15, -0.1) is 0 Å². The summed E-state index contributed by atoms with van der Waals surface area (Å²) in [4.78, 5) is 0. The van der Waals surface area contributed by atoms with Crippen LogP contribution in [0.3, 0.4) is 0 Å². The average Bonchev–Trinajstić information content (AvgIpc) is 2.48. The molecule has 0 amide bonds. The van der Waals surface area contributed by atoms with E-state index in [-0.39, 0.29) is 0 Å². The quantitative estimate of drug-likeness (QED) is 0.440. The molecule has 2 heteroatoms. The molecule has 0 heterocycles. The van der Waals surface area contributed by atoms with Gasteiger partial charge >= 0.3 is 0 Å². The molecule has 0 saturated carbocycles. The molecule has 0 radical (unpaired) electrons. The molecule has 114 valence electrons. The molecule has 0 aliphatic heterocycles. The molecular formula is C18H32NO+. The van der Waals surface area contributed by atoms with Crippen LogP contribution in [0.5, 0.6) is 0 Å². The van der Waals surface area contributed by atoms with E-state index in [1.54, 1.807) is 0 Å². The van der Waals surface area contributed by atoms with Crippen molar-refractivity contribution in [1.82, 2.24) is 0 Å².